The molecule has 0 N–H and O–H groups in total. The number of ether oxygens (including phenoxy) is 2. The number of carbonyl (C=O) groups excluding carboxylic acids is 2. The molecule has 2 amide bonds. The van der Waals surface area contributed by atoms with Crippen molar-refractivity contribution < 1.29 is 23.5 Å². The minimum Gasteiger partial charge on any atom is -0.493 e. The molecule has 9 heteroatoms. The van der Waals surface area contributed by atoms with Crippen molar-refractivity contribution in [3.05, 3.63) is 48.3 Å². The summed E-state index contributed by atoms with van der Waals surface area (Å²) in [5.74, 6) is -0.444. The number of carbonyl (C=O) groups is 2. The van der Waals surface area contributed by atoms with E-state index >= 15 is 0 Å². The summed E-state index contributed by atoms with van der Waals surface area (Å²) < 4.78 is 23.6. The molecule has 0 saturated carbocycles. The maximum Gasteiger partial charge on any atom is 0.263 e. The molecule has 1 saturated heterocycles. The van der Waals surface area contributed by atoms with Crippen molar-refractivity contribution in [1.82, 2.24) is 0 Å². The fraction of sp³-hybridized carbons (Fsp3) is 0.222. The third kappa shape index (κ3) is 2.59. The Hall–Kier alpha value is -3.49. The van der Waals surface area contributed by atoms with Crippen molar-refractivity contribution >= 4 is 23.2 Å². The number of halogens is 1. The van der Waals surface area contributed by atoms with Crippen LogP contribution >= 0.6 is 0 Å². The summed E-state index contributed by atoms with van der Waals surface area (Å²) in [6.07, 6.45) is 0. The summed E-state index contributed by atoms with van der Waals surface area (Å²) in [5, 5.41) is 9.35. The van der Waals surface area contributed by atoms with Gasteiger partial charge in [0.05, 0.1) is 25.6 Å². The molecule has 2 aromatic rings. The van der Waals surface area contributed by atoms with Gasteiger partial charge in [-0.05, 0) is 36.4 Å². The van der Waals surface area contributed by atoms with Crippen molar-refractivity contribution in [3.63, 3.8) is 0 Å². The Balaban J connectivity index is 1.68. The molecule has 2 heterocycles. The van der Waals surface area contributed by atoms with E-state index in [-0.39, 0.29) is 0 Å². The lowest BCUT2D eigenvalue weighted by Gasteiger charge is -2.21. The highest BCUT2D eigenvalue weighted by Gasteiger charge is 2.55. The zero-order valence-electron chi connectivity index (χ0n) is 14.5. The molecule has 0 bridgehead atoms. The van der Waals surface area contributed by atoms with Crippen LogP contribution in [0.5, 0.6) is 11.5 Å². The van der Waals surface area contributed by atoms with Crippen molar-refractivity contribution in [2.45, 2.75) is 12.1 Å². The molecule has 1 fully saturated rings. The van der Waals surface area contributed by atoms with E-state index in [1.807, 2.05) is 0 Å². The van der Waals surface area contributed by atoms with Crippen LogP contribution in [0.2, 0.25) is 0 Å². The summed E-state index contributed by atoms with van der Waals surface area (Å²) in [5.41, 5.74) is 0.828. The second-order valence-electron chi connectivity index (χ2n) is 5.97. The van der Waals surface area contributed by atoms with Crippen LogP contribution in [0.3, 0.4) is 0 Å². The molecule has 138 valence electrons. The Morgan fingerprint density at radius 1 is 0.926 bits per heavy atom. The molecule has 27 heavy (non-hydrogen) atoms. The largest absolute Gasteiger partial charge is 0.493 e. The predicted molar refractivity (Wildman–Crippen MR) is 93.4 cm³/mol. The highest BCUT2D eigenvalue weighted by Crippen LogP contribution is 2.38. The van der Waals surface area contributed by atoms with Gasteiger partial charge in [0.15, 0.2) is 23.6 Å². The fourth-order valence-electron chi connectivity index (χ4n) is 3.19. The van der Waals surface area contributed by atoms with E-state index in [1.165, 1.54) is 43.5 Å². The Morgan fingerprint density at radius 2 is 1.59 bits per heavy atom. The minimum atomic E-state index is -0.948. The van der Waals surface area contributed by atoms with E-state index in [4.69, 9.17) is 9.47 Å². The molecular weight excluding hydrogens is 355 g/mol. The first kappa shape index (κ1) is 17.0. The van der Waals surface area contributed by atoms with Crippen LogP contribution in [0.1, 0.15) is 0 Å². The lowest BCUT2D eigenvalue weighted by Crippen LogP contribution is -2.39. The van der Waals surface area contributed by atoms with Crippen molar-refractivity contribution in [1.29, 1.82) is 0 Å². The second kappa shape index (κ2) is 6.35. The SMILES string of the molecule is COc1ccc(N2N=N[C@@H]3C(=O)N(c4ccc(F)cc4)C(=O)[C@@H]32)cc1OC. The molecule has 0 radical (unpaired) electrons. The number of rotatable bonds is 4. The normalized spacial score (nSPS) is 21.0. The van der Waals surface area contributed by atoms with E-state index in [0.29, 0.717) is 22.9 Å². The van der Waals surface area contributed by atoms with Gasteiger partial charge in [0, 0.05) is 6.07 Å². The summed E-state index contributed by atoms with van der Waals surface area (Å²) >= 11 is 0. The number of amides is 2. The smallest absolute Gasteiger partial charge is 0.263 e. The Bertz CT molecular complexity index is 947. The van der Waals surface area contributed by atoms with Crippen LogP contribution in [0.25, 0.3) is 0 Å². The molecule has 2 aliphatic heterocycles. The Kier molecular flexibility index (Phi) is 3.98. The van der Waals surface area contributed by atoms with E-state index in [1.54, 1.807) is 18.2 Å². The molecule has 2 atom stereocenters. The van der Waals surface area contributed by atoms with E-state index in [9.17, 15) is 14.0 Å². The summed E-state index contributed by atoms with van der Waals surface area (Å²) in [7, 11) is 3.01. The third-order valence-corrected chi connectivity index (χ3v) is 4.50. The van der Waals surface area contributed by atoms with Crippen molar-refractivity contribution in [2.75, 3.05) is 24.1 Å². The lowest BCUT2D eigenvalue weighted by molar-refractivity contribution is -0.121. The highest BCUT2D eigenvalue weighted by molar-refractivity contribution is 6.26. The topological polar surface area (TPSA) is 83.8 Å². The number of methoxy groups -OCH3 is 2. The molecule has 2 aromatic carbocycles. The number of imide groups is 1. The molecular formula is C18H15FN4O4. The zero-order chi connectivity index (χ0) is 19.1. The quantitative estimate of drug-likeness (QED) is 0.772. The van der Waals surface area contributed by atoms with Gasteiger partial charge in [-0.2, -0.15) is 5.11 Å². The maximum atomic E-state index is 13.2. The molecule has 2 aliphatic rings. The van der Waals surface area contributed by atoms with Gasteiger partial charge in [-0.15, -0.1) is 0 Å². The number of hydrogen-bond donors (Lipinski definition) is 0. The summed E-state index contributed by atoms with van der Waals surface area (Å²) in [4.78, 5) is 26.6. The van der Waals surface area contributed by atoms with Crippen LogP contribution in [0, 0.1) is 5.82 Å². The Morgan fingerprint density at radius 3 is 2.26 bits per heavy atom. The van der Waals surface area contributed by atoms with Gasteiger partial charge in [0.2, 0.25) is 0 Å². The van der Waals surface area contributed by atoms with Gasteiger partial charge in [-0.25, -0.2) is 14.3 Å². The van der Waals surface area contributed by atoms with Gasteiger partial charge in [-0.3, -0.25) is 9.59 Å². The first-order valence-corrected chi connectivity index (χ1v) is 8.10. The van der Waals surface area contributed by atoms with E-state index in [2.05, 4.69) is 10.3 Å². The average Bonchev–Trinajstić information content (AvgIpc) is 3.23. The van der Waals surface area contributed by atoms with Crippen molar-refractivity contribution in [2.24, 2.45) is 10.3 Å². The van der Waals surface area contributed by atoms with Crippen LogP contribution in [-0.4, -0.2) is 38.1 Å². The predicted octanol–water partition coefficient (Wildman–Crippen LogP) is 2.34. The number of fused-ring (bicyclic) bond motifs is 1. The molecule has 8 nitrogen and oxygen atoms in total. The highest BCUT2D eigenvalue weighted by atomic mass is 19.1. The Labute approximate surface area is 153 Å². The number of nitrogens with zero attached hydrogens (tertiary/aromatic N) is 4. The molecule has 4 rings (SSSR count). The molecule has 0 aromatic heterocycles. The first-order chi connectivity index (χ1) is 13.0. The van der Waals surface area contributed by atoms with Gasteiger partial charge in [0.1, 0.15) is 5.82 Å². The fourth-order valence-corrected chi connectivity index (χ4v) is 3.19. The van der Waals surface area contributed by atoms with Crippen LogP contribution in [0.4, 0.5) is 15.8 Å². The van der Waals surface area contributed by atoms with Crippen molar-refractivity contribution in [3.8, 4) is 11.5 Å². The molecule has 0 unspecified atom stereocenters. The minimum absolute atomic E-state index is 0.295. The van der Waals surface area contributed by atoms with Crippen LogP contribution < -0.4 is 19.4 Å². The average molecular weight is 370 g/mol. The first-order valence-electron chi connectivity index (χ1n) is 8.10. The lowest BCUT2D eigenvalue weighted by atomic mass is 10.1. The summed E-state index contributed by atoms with van der Waals surface area (Å²) in [6.45, 7) is 0. The number of hydrogen-bond acceptors (Lipinski definition) is 7. The van der Waals surface area contributed by atoms with Crippen LogP contribution in [0.15, 0.2) is 52.8 Å². The van der Waals surface area contributed by atoms with Gasteiger partial charge < -0.3 is 9.47 Å². The van der Waals surface area contributed by atoms with E-state index < -0.39 is 29.7 Å². The zero-order valence-corrected chi connectivity index (χ0v) is 14.5. The maximum absolute atomic E-state index is 13.2. The number of anilines is 2. The second-order valence-corrected chi connectivity index (χ2v) is 5.97. The standard InChI is InChI=1S/C18H15FN4O4/c1-26-13-8-7-12(9-14(13)27-2)23-16-15(20-21-23)17(24)22(18(16)25)11-5-3-10(19)4-6-11/h3-9,15-16H,1-2H3/t15-,16+/m0/s1. The van der Waals surface area contributed by atoms with E-state index in [0.717, 1.165) is 4.90 Å². The van der Waals surface area contributed by atoms with Gasteiger partial charge in [-0.1, -0.05) is 5.22 Å². The monoisotopic (exact) mass is 370 g/mol. The molecule has 0 spiro atoms. The van der Waals surface area contributed by atoms with Crippen LogP contribution in [-0.2, 0) is 9.59 Å². The third-order valence-electron chi connectivity index (χ3n) is 4.50. The summed E-state index contributed by atoms with van der Waals surface area (Å²) in [6, 6.07) is 8.32. The van der Waals surface area contributed by atoms with Gasteiger partial charge in [0.25, 0.3) is 11.8 Å². The number of benzene rings is 2. The molecule has 0 aliphatic carbocycles. The van der Waals surface area contributed by atoms with Gasteiger partial charge >= 0.3 is 0 Å².